The number of amides is 1. The second kappa shape index (κ2) is 8.28. The maximum atomic E-state index is 14.4. The SMILES string of the molecule is Cc1c(Nc2c(C#N)cnc3sc(-c4cc(F)cc(C(=O)N(C)C)c4)cc23)ccc2[nH]ccc12. The van der Waals surface area contributed by atoms with Crippen LogP contribution in [0.25, 0.3) is 31.6 Å². The van der Waals surface area contributed by atoms with Crippen LogP contribution in [0.15, 0.2) is 54.9 Å². The summed E-state index contributed by atoms with van der Waals surface area (Å²) < 4.78 is 14.4. The monoisotopic (exact) mass is 469 g/mol. The number of aromatic amines is 1. The summed E-state index contributed by atoms with van der Waals surface area (Å²) in [5, 5.41) is 15.0. The fourth-order valence-corrected chi connectivity index (χ4v) is 5.02. The third-order valence-corrected chi connectivity index (χ3v) is 6.87. The van der Waals surface area contributed by atoms with E-state index in [2.05, 4.69) is 21.4 Å². The van der Waals surface area contributed by atoms with E-state index in [0.29, 0.717) is 21.6 Å². The summed E-state index contributed by atoms with van der Waals surface area (Å²) >= 11 is 1.38. The molecule has 5 rings (SSSR count). The number of anilines is 2. The van der Waals surface area contributed by atoms with Gasteiger partial charge in [-0.05, 0) is 60.5 Å². The molecule has 0 unspecified atom stereocenters. The van der Waals surface area contributed by atoms with Gasteiger partial charge in [-0.2, -0.15) is 5.26 Å². The normalized spacial score (nSPS) is 11.0. The van der Waals surface area contributed by atoms with Crippen molar-refractivity contribution in [3.05, 3.63) is 77.4 Å². The summed E-state index contributed by atoms with van der Waals surface area (Å²) in [6.07, 6.45) is 3.44. The van der Waals surface area contributed by atoms with Gasteiger partial charge < -0.3 is 15.2 Å². The summed E-state index contributed by atoms with van der Waals surface area (Å²) in [6.45, 7) is 2.03. The van der Waals surface area contributed by atoms with Crippen molar-refractivity contribution in [3.8, 4) is 16.5 Å². The Bertz CT molecular complexity index is 1630. The smallest absolute Gasteiger partial charge is 0.253 e. The van der Waals surface area contributed by atoms with Gasteiger partial charge in [0.25, 0.3) is 5.91 Å². The Kier molecular flexibility index (Phi) is 5.27. The van der Waals surface area contributed by atoms with Gasteiger partial charge in [0, 0.05) is 58.9 Å². The molecule has 2 aromatic carbocycles. The predicted molar refractivity (Wildman–Crippen MR) is 134 cm³/mol. The topological polar surface area (TPSA) is 84.8 Å². The number of aryl methyl sites for hydroxylation is 1. The van der Waals surface area contributed by atoms with Crippen molar-refractivity contribution in [1.82, 2.24) is 14.9 Å². The standard InChI is InChI=1S/C26H20FN5OS/c1-14-19-6-7-29-22(19)5-4-21(14)31-24-17(12-28)13-30-25-20(24)11-23(34-25)15-8-16(10-18(27)9-15)26(33)32(2)3/h4-11,13,29H,1-3H3,(H,30,31). The number of benzene rings is 2. The fraction of sp³-hybridized carbons (Fsp3) is 0.115. The van der Waals surface area contributed by atoms with Gasteiger partial charge in [-0.1, -0.05) is 0 Å². The molecule has 0 spiro atoms. The lowest BCUT2D eigenvalue weighted by atomic mass is 10.1. The molecular weight excluding hydrogens is 449 g/mol. The maximum Gasteiger partial charge on any atom is 0.253 e. The highest BCUT2D eigenvalue weighted by atomic mass is 32.1. The molecule has 0 radical (unpaired) electrons. The lowest BCUT2D eigenvalue weighted by Crippen LogP contribution is -2.21. The molecule has 0 bridgehead atoms. The lowest BCUT2D eigenvalue weighted by molar-refractivity contribution is 0.0827. The summed E-state index contributed by atoms with van der Waals surface area (Å²) in [4.78, 5) is 22.9. The number of carbonyl (C=O) groups is 1. The molecule has 5 aromatic rings. The largest absolute Gasteiger partial charge is 0.361 e. The highest BCUT2D eigenvalue weighted by molar-refractivity contribution is 7.22. The van der Waals surface area contributed by atoms with Gasteiger partial charge in [0.2, 0.25) is 0 Å². The van der Waals surface area contributed by atoms with E-state index < -0.39 is 5.82 Å². The van der Waals surface area contributed by atoms with E-state index in [1.165, 1.54) is 28.4 Å². The molecule has 0 aliphatic carbocycles. The molecule has 6 nitrogen and oxygen atoms in total. The van der Waals surface area contributed by atoms with Crippen LogP contribution in [0, 0.1) is 24.1 Å². The third-order valence-electron chi connectivity index (χ3n) is 5.78. The quantitative estimate of drug-likeness (QED) is 0.328. The van der Waals surface area contributed by atoms with Crippen LogP contribution in [0.4, 0.5) is 15.8 Å². The number of hydrogen-bond acceptors (Lipinski definition) is 5. The molecule has 8 heteroatoms. The second-order valence-electron chi connectivity index (χ2n) is 8.22. The average Bonchev–Trinajstić information content (AvgIpc) is 3.47. The van der Waals surface area contributed by atoms with Crippen molar-refractivity contribution in [3.63, 3.8) is 0 Å². The molecule has 0 aliphatic heterocycles. The van der Waals surface area contributed by atoms with Gasteiger partial charge in [-0.25, -0.2) is 9.37 Å². The summed E-state index contributed by atoms with van der Waals surface area (Å²) in [6, 6.07) is 14.4. The molecule has 1 amide bonds. The minimum atomic E-state index is -0.486. The number of aromatic nitrogens is 2. The Morgan fingerprint density at radius 3 is 2.76 bits per heavy atom. The zero-order valence-electron chi connectivity index (χ0n) is 18.7. The van der Waals surface area contributed by atoms with Crippen LogP contribution >= 0.6 is 11.3 Å². The van der Waals surface area contributed by atoms with E-state index in [-0.39, 0.29) is 11.5 Å². The number of rotatable bonds is 4. The van der Waals surface area contributed by atoms with Crippen LogP contribution in [-0.4, -0.2) is 34.9 Å². The van der Waals surface area contributed by atoms with Crippen LogP contribution in [-0.2, 0) is 0 Å². The summed E-state index contributed by atoms with van der Waals surface area (Å²) in [7, 11) is 3.26. The predicted octanol–water partition coefficient (Wildman–Crippen LogP) is 6.21. The van der Waals surface area contributed by atoms with Gasteiger partial charge in [0.05, 0.1) is 11.3 Å². The Balaban J connectivity index is 1.63. The first-order chi connectivity index (χ1) is 16.4. The van der Waals surface area contributed by atoms with Gasteiger partial charge in [-0.15, -0.1) is 11.3 Å². The Labute approximate surface area is 199 Å². The molecular formula is C26H20FN5OS. The molecule has 0 saturated carbocycles. The molecule has 0 atom stereocenters. The van der Waals surface area contributed by atoms with Gasteiger partial charge in [0.15, 0.2) is 0 Å². The minimum absolute atomic E-state index is 0.273. The number of hydrogen-bond donors (Lipinski definition) is 2. The lowest BCUT2D eigenvalue weighted by Gasteiger charge is -2.13. The number of halogens is 1. The average molecular weight is 470 g/mol. The molecule has 2 N–H and O–H groups in total. The van der Waals surface area contributed by atoms with E-state index in [9.17, 15) is 14.4 Å². The zero-order chi connectivity index (χ0) is 24.0. The Hall–Kier alpha value is -4.22. The Morgan fingerprint density at radius 2 is 2.00 bits per heavy atom. The van der Waals surface area contributed by atoms with Crippen molar-refractivity contribution >= 4 is 49.7 Å². The minimum Gasteiger partial charge on any atom is -0.361 e. The van der Waals surface area contributed by atoms with E-state index in [1.807, 2.05) is 37.4 Å². The van der Waals surface area contributed by atoms with Crippen LogP contribution in [0.1, 0.15) is 21.5 Å². The van der Waals surface area contributed by atoms with Crippen molar-refractivity contribution in [2.45, 2.75) is 6.92 Å². The third kappa shape index (κ3) is 3.66. The summed E-state index contributed by atoms with van der Waals surface area (Å²) in [5.41, 5.74) is 4.89. The number of H-pyrrole nitrogens is 1. The van der Waals surface area contributed by atoms with E-state index >= 15 is 0 Å². The van der Waals surface area contributed by atoms with Crippen LogP contribution < -0.4 is 5.32 Å². The number of nitrogens with one attached hydrogen (secondary N) is 2. The molecule has 0 saturated heterocycles. The van der Waals surface area contributed by atoms with Crippen molar-refractivity contribution in [1.29, 1.82) is 5.26 Å². The van der Waals surface area contributed by atoms with Crippen molar-refractivity contribution in [2.24, 2.45) is 0 Å². The Morgan fingerprint density at radius 1 is 1.18 bits per heavy atom. The highest BCUT2D eigenvalue weighted by Crippen LogP contribution is 2.39. The van der Waals surface area contributed by atoms with Gasteiger partial charge >= 0.3 is 0 Å². The molecule has 3 heterocycles. The molecule has 0 fully saturated rings. The van der Waals surface area contributed by atoms with Crippen LogP contribution in [0.3, 0.4) is 0 Å². The first kappa shape index (κ1) is 21.6. The second-order valence-corrected chi connectivity index (χ2v) is 9.25. The zero-order valence-corrected chi connectivity index (χ0v) is 19.5. The molecule has 168 valence electrons. The van der Waals surface area contributed by atoms with Gasteiger partial charge in [0.1, 0.15) is 16.7 Å². The molecule has 34 heavy (non-hydrogen) atoms. The highest BCUT2D eigenvalue weighted by Gasteiger charge is 2.17. The van der Waals surface area contributed by atoms with E-state index in [0.717, 1.165) is 32.4 Å². The first-order valence-corrected chi connectivity index (χ1v) is 11.4. The number of pyridine rings is 1. The molecule has 0 aliphatic rings. The van der Waals surface area contributed by atoms with Crippen LogP contribution in [0.2, 0.25) is 0 Å². The number of nitriles is 1. The van der Waals surface area contributed by atoms with Gasteiger partial charge in [-0.3, -0.25) is 4.79 Å². The number of nitrogens with zero attached hydrogens (tertiary/aromatic N) is 3. The van der Waals surface area contributed by atoms with Crippen LogP contribution in [0.5, 0.6) is 0 Å². The molecule has 3 aromatic heterocycles. The first-order valence-electron chi connectivity index (χ1n) is 10.5. The summed E-state index contributed by atoms with van der Waals surface area (Å²) in [5.74, 6) is -0.760. The fourth-order valence-electron chi connectivity index (χ4n) is 4.02. The van der Waals surface area contributed by atoms with E-state index in [4.69, 9.17) is 0 Å². The van der Waals surface area contributed by atoms with E-state index in [1.54, 1.807) is 26.4 Å². The number of fused-ring (bicyclic) bond motifs is 2. The van der Waals surface area contributed by atoms with Crippen molar-refractivity contribution < 1.29 is 9.18 Å². The number of thiophene rings is 1. The maximum absolute atomic E-state index is 14.4. The number of carbonyl (C=O) groups excluding carboxylic acids is 1. The van der Waals surface area contributed by atoms with Crippen molar-refractivity contribution in [2.75, 3.05) is 19.4 Å².